The van der Waals surface area contributed by atoms with E-state index >= 15 is 0 Å². The van der Waals surface area contributed by atoms with Crippen LogP contribution in [0.2, 0.25) is 0 Å². The molecule has 0 unspecified atom stereocenters. The summed E-state index contributed by atoms with van der Waals surface area (Å²) in [5, 5.41) is 2.92. The number of amides is 1. The van der Waals surface area contributed by atoms with Gasteiger partial charge in [-0.05, 0) is 51.0 Å². The molecule has 26 heavy (non-hydrogen) atoms. The van der Waals surface area contributed by atoms with E-state index in [4.69, 9.17) is 9.47 Å². The lowest BCUT2D eigenvalue weighted by atomic mass is 9.98. The Hall–Kier alpha value is -1.80. The van der Waals surface area contributed by atoms with E-state index in [1.54, 1.807) is 14.0 Å². The van der Waals surface area contributed by atoms with E-state index < -0.39 is 10.0 Å². The predicted octanol–water partition coefficient (Wildman–Crippen LogP) is 1.64. The normalized spacial score (nSPS) is 19.6. The highest BCUT2D eigenvalue weighted by Crippen LogP contribution is 2.20. The molecule has 1 fully saturated rings. The minimum Gasteiger partial charge on any atom is -0.497 e. The zero-order valence-electron chi connectivity index (χ0n) is 15.6. The zero-order valence-corrected chi connectivity index (χ0v) is 16.4. The smallest absolute Gasteiger partial charge is 0.224 e. The summed E-state index contributed by atoms with van der Waals surface area (Å²) in [6, 6.07) is 7.05. The van der Waals surface area contributed by atoms with Crippen LogP contribution in [-0.2, 0) is 14.8 Å². The largest absolute Gasteiger partial charge is 0.497 e. The molecular formula is C18H28N2O5S. The summed E-state index contributed by atoms with van der Waals surface area (Å²) in [5.41, 5.74) is 0. The second kappa shape index (κ2) is 9.23. The fraction of sp³-hybridized carbons (Fsp3) is 0.611. The average Bonchev–Trinajstić information content (AvgIpc) is 2.66. The number of hydrogen-bond donors (Lipinski definition) is 1. The number of methoxy groups -OCH3 is 1. The van der Waals surface area contributed by atoms with Crippen LogP contribution in [0.5, 0.6) is 11.5 Å². The highest BCUT2D eigenvalue weighted by molar-refractivity contribution is 7.89. The van der Waals surface area contributed by atoms with E-state index in [1.165, 1.54) is 4.31 Å². The average molecular weight is 384 g/mol. The molecule has 1 saturated heterocycles. The lowest BCUT2D eigenvalue weighted by Crippen LogP contribution is -2.48. The first-order chi connectivity index (χ1) is 12.4. The number of rotatable bonds is 8. The van der Waals surface area contributed by atoms with Crippen molar-refractivity contribution in [3.63, 3.8) is 0 Å². The van der Waals surface area contributed by atoms with Crippen LogP contribution in [0, 0.1) is 5.92 Å². The number of carbonyl (C=O) groups is 1. The maximum Gasteiger partial charge on any atom is 0.224 e. The molecule has 1 aliphatic heterocycles. The SMILES string of the molecule is CCS(=O)(=O)N1CCC[C@@H](C(=O)N[C@H](C)COc2ccc(OC)cc2)C1. The molecule has 1 amide bonds. The Labute approximate surface area is 155 Å². The number of nitrogens with one attached hydrogen (secondary N) is 1. The minimum absolute atomic E-state index is 0.0629. The molecule has 0 radical (unpaired) electrons. The number of piperidine rings is 1. The van der Waals surface area contributed by atoms with Crippen molar-refractivity contribution >= 4 is 15.9 Å². The van der Waals surface area contributed by atoms with Gasteiger partial charge in [0.25, 0.3) is 0 Å². The second-order valence-corrected chi connectivity index (χ2v) is 8.75. The standard InChI is InChI=1S/C18H28N2O5S/c1-4-26(22,23)20-11-5-6-15(12-20)18(21)19-14(2)13-25-17-9-7-16(24-3)8-10-17/h7-10,14-15H,4-6,11-13H2,1-3H3,(H,19,21)/t14-,15-/m1/s1. The van der Waals surface area contributed by atoms with Crippen LogP contribution >= 0.6 is 0 Å². The highest BCUT2D eigenvalue weighted by Gasteiger charge is 2.31. The lowest BCUT2D eigenvalue weighted by Gasteiger charge is -2.31. The molecule has 1 aromatic carbocycles. The molecule has 1 heterocycles. The van der Waals surface area contributed by atoms with Crippen LogP contribution in [0.4, 0.5) is 0 Å². The fourth-order valence-electron chi connectivity index (χ4n) is 2.89. The van der Waals surface area contributed by atoms with Gasteiger partial charge in [-0.15, -0.1) is 0 Å². The molecule has 7 nitrogen and oxygen atoms in total. The quantitative estimate of drug-likeness (QED) is 0.736. The molecule has 1 aliphatic rings. The van der Waals surface area contributed by atoms with Crippen molar-refractivity contribution in [2.45, 2.75) is 32.7 Å². The van der Waals surface area contributed by atoms with Crippen molar-refractivity contribution in [3.8, 4) is 11.5 Å². The summed E-state index contributed by atoms with van der Waals surface area (Å²) in [6.45, 7) is 4.58. The second-order valence-electron chi connectivity index (χ2n) is 6.49. The van der Waals surface area contributed by atoms with Gasteiger partial charge in [0.15, 0.2) is 0 Å². The number of carbonyl (C=O) groups excluding carboxylic acids is 1. The summed E-state index contributed by atoms with van der Waals surface area (Å²) in [4.78, 5) is 12.5. The molecule has 0 saturated carbocycles. The molecule has 146 valence electrons. The summed E-state index contributed by atoms with van der Waals surface area (Å²) >= 11 is 0. The van der Waals surface area contributed by atoms with Crippen LogP contribution in [0.1, 0.15) is 26.7 Å². The first kappa shape index (κ1) is 20.5. The molecule has 0 aliphatic carbocycles. The molecule has 2 rings (SSSR count). The van der Waals surface area contributed by atoms with Crippen LogP contribution in [0.3, 0.4) is 0 Å². The topological polar surface area (TPSA) is 84.9 Å². The Morgan fingerprint density at radius 1 is 1.31 bits per heavy atom. The van der Waals surface area contributed by atoms with Gasteiger partial charge in [-0.25, -0.2) is 12.7 Å². The molecule has 8 heteroatoms. The van der Waals surface area contributed by atoms with Gasteiger partial charge < -0.3 is 14.8 Å². The maximum absolute atomic E-state index is 12.5. The Morgan fingerprint density at radius 2 is 1.96 bits per heavy atom. The predicted molar refractivity (Wildman–Crippen MR) is 99.9 cm³/mol. The molecular weight excluding hydrogens is 356 g/mol. The van der Waals surface area contributed by atoms with Crippen LogP contribution < -0.4 is 14.8 Å². The van der Waals surface area contributed by atoms with Gasteiger partial charge in [0.1, 0.15) is 18.1 Å². The number of hydrogen-bond acceptors (Lipinski definition) is 5. The summed E-state index contributed by atoms with van der Waals surface area (Å²) in [5.74, 6) is 1.08. The van der Waals surface area contributed by atoms with E-state index in [1.807, 2.05) is 31.2 Å². The van der Waals surface area contributed by atoms with E-state index in [-0.39, 0.29) is 30.2 Å². The van der Waals surface area contributed by atoms with Gasteiger partial charge >= 0.3 is 0 Å². The van der Waals surface area contributed by atoms with Crippen LogP contribution in [0.25, 0.3) is 0 Å². The third-order valence-corrected chi connectivity index (χ3v) is 6.31. The number of ether oxygens (including phenoxy) is 2. The van der Waals surface area contributed by atoms with Crippen molar-refractivity contribution in [1.29, 1.82) is 0 Å². The van der Waals surface area contributed by atoms with Crippen LogP contribution in [-0.4, -0.2) is 57.2 Å². The Kier molecular flexibility index (Phi) is 7.28. The zero-order chi connectivity index (χ0) is 19.2. The Bertz CT molecular complexity index is 690. The maximum atomic E-state index is 12.5. The number of sulfonamides is 1. The number of benzene rings is 1. The molecule has 1 aromatic rings. The summed E-state index contributed by atoms with van der Waals surface area (Å²) in [7, 11) is -1.65. The monoisotopic (exact) mass is 384 g/mol. The third-order valence-electron chi connectivity index (χ3n) is 4.46. The minimum atomic E-state index is -3.25. The van der Waals surface area contributed by atoms with Crippen molar-refractivity contribution in [3.05, 3.63) is 24.3 Å². The molecule has 0 bridgehead atoms. The first-order valence-electron chi connectivity index (χ1n) is 8.90. The van der Waals surface area contributed by atoms with E-state index in [9.17, 15) is 13.2 Å². The van der Waals surface area contributed by atoms with Crippen molar-refractivity contribution in [2.24, 2.45) is 5.92 Å². The molecule has 0 aromatic heterocycles. The number of nitrogens with zero attached hydrogens (tertiary/aromatic N) is 1. The van der Waals surface area contributed by atoms with Gasteiger partial charge in [0.2, 0.25) is 15.9 Å². The highest BCUT2D eigenvalue weighted by atomic mass is 32.2. The first-order valence-corrected chi connectivity index (χ1v) is 10.5. The van der Waals surface area contributed by atoms with Crippen molar-refractivity contribution < 1.29 is 22.7 Å². The van der Waals surface area contributed by atoms with E-state index in [0.29, 0.717) is 31.7 Å². The fourth-order valence-corrected chi connectivity index (χ4v) is 4.07. The van der Waals surface area contributed by atoms with Crippen molar-refractivity contribution in [2.75, 3.05) is 32.6 Å². The summed E-state index contributed by atoms with van der Waals surface area (Å²) in [6.07, 6.45) is 1.40. The lowest BCUT2D eigenvalue weighted by molar-refractivity contribution is -0.126. The van der Waals surface area contributed by atoms with Gasteiger partial charge in [-0.1, -0.05) is 0 Å². The van der Waals surface area contributed by atoms with Gasteiger partial charge in [-0.3, -0.25) is 4.79 Å². The Morgan fingerprint density at radius 3 is 2.58 bits per heavy atom. The summed E-state index contributed by atoms with van der Waals surface area (Å²) < 4.78 is 36.2. The Balaban J connectivity index is 1.82. The molecule has 2 atom stereocenters. The van der Waals surface area contributed by atoms with E-state index in [0.717, 1.165) is 5.75 Å². The molecule has 1 N–H and O–H groups in total. The van der Waals surface area contributed by atoms with Gasteiger partial charge in [-0.2, -0.15) is 0 Å². The molecule has 0 spiro atoms. The van der Waals surface area contributed by atoms with Gasteiger partial charge in [0.05, 0.1) is 24.8 Å². The van der Waals surface area contributed by atoms with Crippen molar-refractivity contribution in [1.82, 2.24) is 9.62 Å². The van der Waals surface area contributed by atoms with E-state index in [2.05, 4.69) is 5.32 Å². The van der Waals surface area contributed by atoms with Crippen LogP contribution in [0.15, 0.2) is 24.3 Å². The van der Waals surface area contributed by atoms with Gasteiger partial charge in [0, 0.05) is 13.1 Å². The third kappa shape index (κ3) is 5.60.